The standard InChI is InChI=1S/C20H16BrClN2O4/c1-11(2)28-20(27)12-3-7-14(8-4-12)23-17-16(22)18(25)24(19(17)26)15-9-5-13(21)6-10-15/h3-11,23H,1-2H3. The Hall–Kier alpha value is -2.64. The van der Waals surface area contributed by atoms with Crippen molar-refractivity contribution in [3.05, 3.63) is 69.3 Å². The second kappa shape index (κ2) is 8.16. The maximum atomic E-state index is 12.7. The second-order valence-electron chi connectivity index (χ2n) is 6.27. The van der Waals surface area contributed by atoms with Gasteiger partial charge < -0.3 is 10.1 Å². The van der Waals surface area contributed by atoms with Crippen molar-refractivity contribution >= 4 is 56.7 Å². The number of nitrogens with zero attached hydrogens (tertiary/aromatic N) is 1. The van der Waals surface area contributed by atoms with Crippen LogP contribution in [0.25, 0.3) is 0 Å². The second-order valence-corrected chi connectivity index (χ2v) is 7.56. The summed E-state index contributed by atoms with van der Waals surface area (Å²) in [4.78, 5) is 38.1. The van der Waals surface area contributed by atoms with Crippen LogP contribution in [0.5, 0.6) is 0 Å². The molecule has 0 fully saturated rings. The van der Waals surface area contributed by atoms with Gasteiger partial charge in [-0.1, -0.05) is 27.5 Å². The summed E-state index contributed by atoms with van der Waals surface area (Å²) in [6, 6.07) is 13.1. The molecular weight excluding hydrogens is 448 g/mol. The van der Waals surface area contributed by atoms with Crippen LogP contribution in [0.3, 0.4) is 0 Å². The molecule has 2 aromatic rings. The number of carbonyl (C=O) groups excluding carboxylic acids is 3. The van der Waals surface area contributed by atoms with Crippen molar-refractivity contribution in [2.75, 3.05) is 10.2 Å². The lowest BCUT2D eigenvalue weighted by Gasteiger charge is -2.15. The molecule has 0 spiro atoms. The molecule has 0 bridgehead atoms. The molecule has 28 heavy (non-hydrogen) atoms. The van der Waals surface area contributed by atoms with E-state index >= 15 is 0 Å². The lowest BCUT2D eigenvalue weighted by atomic mass is 10.2. The molecule has 0 atom stereocenters. The molecule has 1 N–H and O–H groups in total. The Balaban J connectivity index is 1.78. The van der Waals surface area contributed by atoms with Gasteiger partial charge in [0.1, 0.15) is 10.7 Å². The smallest absolute Gasteiger partial charge is 0.338 e. The van der Waals surface area contributed by atoms with Crippen LogP contribution in [0, 0.1) is 0 Å². The Labute approximate surface area is 175 Å². The zero-order valence-electron chi connectivity index (χ0n) is 15.0. The number of carbonyl (C=O) groups is 3. The third kappa shape index (κ3) is 4.10. The minimum atomic E-state index is -0.603. The quantitative estimate of drug-likeness (QED) is 0.524. The summed E-state index contributed by atoms with van der Waals surface area (Å²) in [5.74, 6) is -1.60. The topological polar surface area (TPSA) is 75.7 Å². The fourth-order valence-electron chi connectivity index (χ4n) is 2.55. The number of amides is 2. The minimum Gasteiger partial charge on any atom is -0.459 e. The summed E-state index contributed by atoms with van der Waals surface area (Å²) in [6.45, 7) is 3.53. The Kier molecular flexibility index (Phi) is 5.86. The lowest BCUT2D eigenvalue weighted by Crippen LogP contribution is -2.32. The van der Waals surface area contributed by atoms with E-state index in [1.54, 1.807) is 62.4 Å². The van der Waals surface area contributed by atoms with Crippen LogP contribution in [-0.2, 0) is 14.3 Å². The van der Waals surface area contributed by atoms with Gasteiger partial charge in [-0.05, 0) is 62.4 Å². The molecule has 0 unspecified atom stereocenters. The summed E-state index contributed by atoms with van der Waals surface area (Å²) < 4.78 is 5.95. The number of rotatable bonds is 5. The Morgan fingerprint density at radius 1 is 1.04 bits per heavy atom. The highest BCUT2D eigenvalue weighted by molar-refractivity contribution is 9.10. The van der Waals surface area contributed by atoms with Gasteiger partial charge in [0.15, 0.2) is 0 Å². The molecular formula is C20H16BrClN2O4. The number of halogens is 2. The molecule has 6 nitrogen and oxygen atoms in total. The van der Waals surface area contributed by atoms with E-state index in [4.69, 9.17) is 16.3 Å². The maximum absolute atomic E-state index is 12.7. The van der Waals surface area contributed by atoms with Gasteiger partial charge in [0.25, 0.3) is 11.8 Å². The number of hydrogen-bond donors (Lipinski definition) is 1. The van der Waals surface area contributed by atoms with Crippen molar-refractivity contribution in [1.82, 2.24) is 0 Å². The molecule has 0 saturated heterocycles. The van der Waals surface area contributed by atoms with Gasteiger partial charge in [0.05, 0.1) is 17.4 Å². The van der Waals surface area contributed by atoms with E-state index in [2.05, 4.69) is 21.2 Å². The van der Waals surface area contributed by atoms with Crippen molar-refractivity contribution in [2.45, 2.75) is 20.0 Å². The number of anilines is 2. The largest absolute Gasteiger partial charge is 0.459 e. The predicted molar refractivity (Wildman–Crippen MR) is 110 cm³/mol. The highest BCUT2D eigenvalue weighted by Crippen LogP contribution is 2.30. The van der Waals surface area contributed by atoms with Gasteiger partial charge >= 0.3 is 5.97 Å². The normalized spacial score (nSPS) is 14.1. The molecule has 1 aliphatic heterocycles. The van der Waals surface area contributed by atoms with Gasteiger partial charge in [-0.25, -0.2) is 9.69 Å². The highest BCUT2D eigenvalue weighted by Gasteiger charge is 2.38. The molecule has 0 aliphatic carbocycles. The van der Waals surface area contributed by atoms with Crippen LogP contribution in [0.1, 0.15) is 24.2 Å². The van der Waals surface area contributed by atoms with E-state index in [0.717, 1.165) is 9.37 Å². The first-order chi connectivity index (χ1) is 13.3. The van der Waals surface area contributed by atoms with E-state index in [1.165, 1.54) is 0 Å². The zero-order chi connectivity index (χ0) is 20.4. The van der Waals surface area contributed by atoms with E-state index in [1.807, 2.05) is 0 Å². The van der Waals surface area contributed by atoms with Crippen molar-refractivity contribution < 1.29 is 19.1 Å². The van der Waals surface area contributed by atoms with Gasteiger partial charge in [-0.2, -0.15) is 0 Å². The fraction of sp³-hybridized carbons (Fsp3) is 0.150. The predicted octanol–water partition coefficient (Wildman–Crippen LogP) is 4.45. The van der Waals surface area contributed by atoms with Crippen LogP contribution in [0.2, 0.25) is 0 Å². The SMILES string of the molecule is CC(C)OC(=O)c1ccc(NC2=C(Cl)C(=O)N(c3ccc(Br)cc3)C2=O)cc1. The lowest BCUT2D eigenvalue weighted by molar-refractivity contribution is -0.120. The van der Waals surface area contributed by atoms with Gasteiger partial charge in [-0.3, -0.25) is 9.59 Å². The van der Waals surface area contributed by atoms with Gasteiger partial charge in [-0.15, -0.1) is 0 Å². The summed E-state index contributed by atoms with van der Waals surface area (Å²) in [5.41, 5.74) is 1.28. The van der Waals surface area contributed by atoms with Crippen LogP contribution in [0.15, 0.2) is 63.7 Å². The molecule has 8 heteroatoms. The Bertz CT molecular complexity index is 969. The first-order valence-electron chi connectivity index (χ1n) is 8.40. The van der Waals surface area contributed by atoms with Crippen molar-refractivity contribution in [3.63, 3.8) is 0 Å². The molecule has 0 radical (unpaired) electrons. The molecule has 0 saturated carbocycles. The van der Waals surface area contributed by atoms with Crippen LogP contribution in [-0.4, -0.2) is 23.9 Å². The van der Waals surface area contributed by atoms with Gasteiger partial charge in [0.2, 0.25) is 0 Å². The molecule has 3 rings (SSSR count). The first kappa shape index (κ1) is 20.1. The molecule has 1 aliphatic rings. The van der Waals surface area contributed by atoms with E-state index < -0.39 is 17.8 Å². The van der Waals surface area contributed by atoms with Crippen molar-refractivity contribution in [1.29, 1.82) is 0 Å². The molecule has 144 valence electrons. The number of benzene rings is 2. The molecule has 0 aromatic heterocycles. The number of ether oxygens (including phenoxy) is 1. The average molecular weight is 464 g/mol. The molecule has 2 aromatic carbocycles. The molecule has 2 amide bonds. The van der Waals surface area contributed by atoms with E-state index in [0.29, 0.717) is 16.9 Å². The number of nitrogens with one attached hydrogen (secondary N) is 1. The number of esters is 1. The third-order valence-corrected chi connectivity index (χ3v) is 4.72. The van der Waals surface area contributed by atoms with Crippen molar-refractivity contribution in [3.8, 4) is 0 Å². The summed E-state index contributed by atoms with van der Waals surface area (Å²) in [5, 5.41) is 2.67. The molecule has 1 heterocycles. The number of hydrogen-bond acceptors (Lipinski definition) is 5. The fourth-order valence-corrected chi connectivity index (χ4v) is 3.03. The Morgan fingerprint density at radius 3 is 2.21 bits per heavy atom. The summed E-state index contributed by atoms with van der Waals surface area (Å²) in [6.07, 6.45) is -0.221. The van der Waals surface area contributed by atoms with E-state index in [-0.39, 0.29) is 16.8 Å². The van der Waals surface area contributed by atoms with Crippen LogP contribution in [0.4, 0.5) is 11.4 Å². The number of imide groups is 1. The van der Waals surface area contributed by atoms with Crippen molar-refractivity contribution in [2.24, 2.45) is 0 Å². The van der Waals surface area contributed by atoms with E-state index in [9.17, 15) is 14.4 Å². The monoisotopic (exact) mass is 462 g/mol. The Morgan fingerprint density at radius 2 is 1.64 bits per heavy atom. The first-order valence-corrected chi connectivity index (χ1v) is 9.57. The van der Waals surface area contributed by atoms with Crippen LogP contribution >= 0.6 is 27.5 Å². The summed E-state index contributed by atoms with van der Waals surface area (Å²) in [7, 11) is 0. The zero-order valence-corrected chi connectivity index (χ0v) is 17.4. The highest BCUT2D eigenvalue weighted by atomic mass is 79.9. The van der Waals surface area contributed by atoms with Gasteiger partial charge in [0, 0.05) is 10.2 Å². The minimum absolute atomic E-state index is 0.0212. The average Bonchev–Trinajstić information content (AvgIpc) is 2.86. The van der Waals surface area contributed by atoms with Crippen LogP contribution < -0.4 is 10.2 Å². The maximum Gasteiger partial charge on any atom is 0.338 e. The summed E-state index contributed by atoms with van der Waals surface area (Å²) >= 11 is 9.42. The third-order valence-electron chi connectivity index (χ3n) is 3.84.